The van der Waals surface area contributed by atoms with Gasteiger partial charge in [0.05, 0.1) is 23.2 Å². The number of amides is 1. The summed E-state index contributed by atoms with van der Waals surface area (Å²) in [6, 6.07) is 9.14. The number of hydrogen-bond acceptors (Lipinski definition) is 6. The number of carbonyl (C=O) groups excluding carboxylic acids is 1. The van der Waals surface area contributed by atoms with Crippen molar-refractivity contribution in [3.05, 3.63) is 58.9 Å². The average molecular weight is 544 g/mol. The van der Waals surface area contributed by atoms with Gasteiger partial charge in [-0.3, -0.25) is 4.79 Å². The van der Waals surface area contributed by atoms with Crippen LogP contribution in [-0.2, 0) is 11.0 Å². The van der Waals surface area contributed by atoms with Gasteiger partial charge in [0.15, 0.2) is 0 Å². The number of nitrogens with zero attached hydrogens (tertiary/aromatic N) is 3. The number of nitrogen functional groups attached to an aromatic ring is 1. The summed E-state index contributed by atoms with van der Waals surface area (Å²) in [6.07, 6.45) is -1.78. The molecule has 0 unspecified atom stereocenters. The van der Waals surface area contributed by atoms with E-state index in [1.54, 1.807) is 32.7 Å². The van der Waals surface area contributed by atoms with Gasteiger partial charge in [-0.15, -0.1) is 0 Å². The molecule has 1 amide bonds. The van der Waals surface area contributed by atoms with Gasteiger partial charge in [-0.2, -0.15) is 13.2 Å². The fourth-order valence-electron chi connectivity index (χ4n) is 5.48. The molecule has 2 atom stereocenters. The quantitative estimate of drug-likeness (QED) is 0.324. The second-order valence-corrected chi connectivity index (χ2v) is 10.8. The van der Waals surface area contributed by atoms with Gasteiger partial charge in [0.1, 0.15) is 11.6 Å². The van der Waals surface area contributed by atoms with Gasteiger partial charge in [0, 0.05) is 30.6 Å². The lowest BCUT2D eigenvalue weighted by Gasteiger charge is -2.31. The van der Waals surface area contributed by atoms with E-state index in [0.717, 1.165) is 54.3 Å². The minimum atomic E-state index is -4.49. The number of halogens is 3. The van der Waals surface area contributed by atoms with E-state index in [1.807, 2.05) is 6.07 Å². The van der Waals surface area contributed by atoms with E-state index in [2.05, 4.69) is 27.4 Å². The Balaban J connectivity index is 1.55. The molecule has 1 heterocycles. The molecule has 7 nitrogen and oxygen atoms in total. The van der Waals surface area contributed by atoms with Crippen molar-refractivity contribution in [1.82, 2.24) is 14.9 Å². The van der Waals surface area contributed by atoms with Gasteiger partial charge in [0.2, 0.25) is 5.91 Å². The number of alkyl halides is 3. The highest BCUT2D eigenvalue weighted by Gasteiger charge is 2.32. The Kier molecular flexibility index (Phi) is 8.34. The van der Waals surface area contributed by atoms with Crippen LogP contribution in [0.15, 0.2) is 36.4 Å². The lowest BCUT2D eigenvalue weighted by Crippen LogP contribution is -2.38. The van der Waals surface area contributed by atoms with Crippen molar-refractivity contribution in [3.63, 3.8) is 0 Å². The Hall–Kier alpha value is -3.40. The zero-order chi connectivity index (χ0) is 28.5. The third-order valence-corrected chi connectivity index (χ3v) is 7.45. The van der Waals surface area contributed by atoms with E-state index in [-0.39, 0.29) is 23.4 Å². The monoisotopic (exact) mass is 543 g/mol. The van der Waals surface area contributed by atoms with Crippen LogP contribution in [0, 0.1) is 12.8 Å². The molecular formula is C29H36F3N5O2. The normalized spacial score (nSPS) is 19.5. The van der Waals surface area contributed by atoms with Gasteiger partial charge in [-0.1, -0.05) is 6.07 Å². The van der Waals surface area contributed by atoms with Crippen molar-refractivity contribution in [3.8, 4) is 0 Å². The van der Waals surface area contributed by atoms with Gasteiger partial charge < -0.3 is 21.1 Å². The third kappa shape index (κ3) is 6.79. The van der Waals surface area contributed by atoms with Crippen molar-refractivity contribution in [1.29, 1.82) is 0 Å². The molecule has 0 saturated heterocycles. The van der Waals surface area contributed by atoms with Crippen LogP contribution in [0.4, 0.5) is 24.7 Å². The standard InChI is InChI=1S/C29H36F3N5O2/c1-16(38)15-37(4)28(39)20-7-5-19(6-8-20)21-9-10-26-25(13-21)27(36-18(3)35-26)34-17(2)22-11-23(29(30,31)32)14-24(33)12-22/h9-14,16-17,19-20,38H,5-8,15,33H2,1-4H3,(H,34,35,36)/t16-,17-,19?,20?/m1/s1. The van der Waals surface area contributed by atoms with Crippen LogP contribution in [0.3, 0.4) is 0 Å². The number of anilines is 2. The highest BCUT2D eigenvalue weighted by atomic mass is 19.4. The maximum absolute atomic E-state index is 13.4. The molecule has 1 fully saturated rings. The van der Waals surface area contributed by atoms with Gasteiger partial charge in [-0.05, 0) is 93.8 Å². The molecule has 4 rings (SSSR count). The topological polar surface area (TPSA) is 104 Å². The van der Waals surface area contributed by atoms with Crippen molar-refractivity contribution < 1.29 is 23.1 Å². The average Bonchev–Trinajstić information content (AvgIpc) is 2.86. The van der Waals surface area contributed by atoms with Crippen molar-refractivity contribution in [2.75, 3.05) is 24.6 Å². The lowest BCUT2D eigenvalue weighted by atomic mass is 9.78. The highest BCUT2D eigenvalue weighted by Crippen LogP contribution is 2.39. The molecule has 39 heavy (non-hydrogen) atoms. The Morgan fingerprint density at radius 1 is 1.13 bits per heavy atom. The molecule has 0 aliphatic heterocycles. The van der Waals surface area contributed by atoms with Crippen LogP contribution in [0.25, 0.3) is 10.9 Å². The van der Waals surface area contributed by atoms with Gasteiger partial charge in [-0.25, -0.2) is 9.97 Å². The fourth-order valence-corrected chi connectivity index (χ4v) is 5.48. The summed E-state index contributed by atoms with van der Waals surface area (Å²) < 4.78 is 40.1. The number of hydrogen-bond donors (Lipinski definition) is 3. The number of nitrogens with two attached hydrogens (primary N) is 1. The molecule has 1 aromatic heterocycles. The number of aliphatic hydroxyl groups excluding tert-OH is 1. The molecule has 3 aromatic rings. The fraction of sp³-hybridized carbons (Fsp3) is 0.483. The van der Waals surface area contributed by atoms with Crippen LogP contribution in [-0.4, -0.2) is 45.6 Å². The largest absolute Gasteiger partial charge is 0.416 e. The number of rotatable bonds is 7. The zero-order valence-electron chi connectivity index (χ0n) is 22.7. The van der Waals surface area contributed by atoms with Crippen LogP contribution in [0.1, 0.15) is 74.0 Å². The van der Waals surface area contributed by atoms with Crippen LogP contribution < -0.4 is 11.1 Å². The third-order valence-electron chi connectivity index (χ3n) is 7.45. The second kappa shape index (κ2) is 11.4. The first-order valence-corrected chi connectivity index (χ1v) is 13.3. The second-order valence-electron chi connectivity index (χ2n) is 10.8. The Labute approximate surface area is 226 Å². The first-order valence-electron chi connectivity index (χ1n) is 13.3. The summed E-state index contributed by atoms with van der Waals surface area (Å²) in [7, 11) is 1.73. The highest BCUT2D eigenvalue weighted by molar-refractivity contribution is 5.90. The summed E-state index contributed by atoms with van der Waals surface area (Å²) >= 11 is 0. The van der Waals surface area contributed by atoms with E-state index < -0.39 is 23.9 Å². The lowest BCUT2D eigenvalue weighted by molar-refractivity contribution is -0.138. The Bertz CT molecular complexity index is 1340. The van der Waals surface area contributed by atoms with Crippen LogP contribution >= 0.6 is 0 Å². The number of nitrogens with one attached hydrogen (secondary N) is 1. The van der Waals surface area contributed by atoms with E-state index in [1.165, 1.54) is 6.07 Å². The summed E-state index contributed by atoms with van der Waals surface area (Å²) in [5.74, 6) is 1.40. The first kappa shape index (κ1) is 28.6. The number of aryl methyl sites for hydroxylation is 1. The molecule has 0 spiro atoms. The molecule has 0 bridgehead atoms. The molecule has 10 heteroatoms. The summed E-state index contributed by atoms with van der Waals surface area (Å²) in [4.78, 5) is 23.5. The van der Waals surface area contributed by atoms with Crippen LogP contribution in [0.5, 0.6) is 0 Å². The van der Waals surface area contributed by atoms with E-state index in [0.29, 0.717) is 23.8 Å². The molecule has 2 aromatic carbocycles. The minimum absolute atomic E-state index is 0.0468. The Morgan fingerprint density at radius 2 is 1.82 bits per heavy atom. The van der Waals surface area contributed by atoms with Crippen molar-refractivity contribution >= 4 is 28.3 Å². The van der Waals surface area contributed by atoms with Gasteiger partial charge >= 0.3 is 6.18 Å². The molecule has 1 aliphatic carbocycles. The van der Waals surface area contributed by atoms with E-state index in [4.69, 9.17) is 5.73 Å². The Morgan fingerprint density at radius 3 is 2.46 bits per heavy atom. The van der Waals surface area contributed by atoms with E-state index in [9.17, 15) is 23.1 Å². The number of aromatic nitrogens is 2. The number of fused-ring (bicyclic) bond motifs is 1. The molecule has 0 radical (unpaired) electrons. The summed E-state index contributed by atoms with van der Waals surface area (Å²) in [5.41, 5.74) is 7.32. The molecule has 1 saturated carbocycles. The number of likely N-dealkylation sites (N-methyl/N-ethyl adjacent to an activating group) is 1. The van der Waals surface area contributed by atoms with Crippen LogP contribution in [0.2, 0.25) is 0 Å². The smallest absolute Gasteiger partial charge is 0.399 e. The van der Waals surface area contributed by atoms with E-state index >= 15 is 0 Å². The maximum Gasteiger partial charge on any atom is 0.416 e. The maximum atomic E-state index is 13.4. The predicted molar refractivity (Wildman–Crippen MR) is 146 cm³/mol. The molecule has 210 valence electrons. The summed E-state index contributed by atoms with van der Waals surface area (Å²) in [5, 5.41) is 13.7. The van der Waals surface area contributed by atoms with Crippen molar-refractivity contribution in [2.45, 2.75) is 70.7 Å². The first-order chi connectivity index (χ1) is 18.3. The molecule has 1 aliphatic rings. The van der Waals surface area contributed by atoms with Crippen molar-refractivity contribution in [2.24, 2.45) is 5.92 Å². The molecule has 4 N–H and O–H groups in total. The molecular weight excluding hydrogens is 507 g/mol. The summed E-state index contributed by atoms with van der Waals surface area (Å²) in [6.45, 7) is 5.54. The predicted octanol–water partition coefficient (Wildman–Crippen LogP) is 5.83. The minimum Gasteiger partial charge on any atom is -0.399 e. The van der Waals surface area contributed by atoms with Gasteiger partial charge in [0.25, 0.3) is 0 Å². The SMILES string of the molecule is Cc1nc(N[C@H](C)c2cc(N)cc(C(F)(F)F)c2)c2cc(C3CCC(C(=O)N(C)C[C@@H](C)O)CC3)ccc2n1. The number of carbonyl (C=O) groups is 1. The number of aliphatic hydroxyl groups is 1. The number of benzene rings is 2. The zero-order valence-corrected chi connectivity index (χ0v) is 22.7.